The average molecular weight is 383 g/mol. The lowest BCUT2D eigenvalue weighted by atomic mass is 10.1. The molecule has 0 atom stereocenters. The molecule has 1 heterocycles. The van der Waals surface area contributed by atoms with Crippen LogP contribution in [0.1, 0.15) is 0 Å². The number of thiazole rings is 1. The molecule has 0 unspecified atom stereocenters. The number of hydrogen-bond acceptors (Lipinski definition) is 3. The molecule has 3 aromatic rings. The Balaban J connectivity index is 2.05. The van der Waals surface area contributed by atoms with Gasteiger partial charge in [-0.1, -0.05) is 65.4 Å². The van der Waals surface area contributed by atoms with Crippen LogP contribution in [0.4, 0.5) is 18.2 Å². The van der Waals surface area contributed by atoms with Crippen molar-refractivity contribution in [1.82, 2.24) is 4.98 Å². The maximum absolute atomic E-state index is 12.6. The van der Waals surface area contributed by atoms with Crippen molar-refractivity contribution >= 4 is 33.8 Å². The zero-order valence-corrected chi connectivity index (χ0v) is 14.0. The molecule has 0 radical (unpaired) electrons. The first kappa shape index (κ1) is 17.4. The molecule has 25 heavy (non-hydrogen) atoms. The third-order valence-corrected chi connectivity index (χ3v) is 4.52. The van der Waals surface area contributed by atoms with Gasteiger partial charge >= 0.3 is 12.1 Å². The van der Waals surface area contributed by atoms with Gasteiger partial charge in [-0.2, -0.15) is 13.2 Å². The predicted octanol–water partition coefficient (Wildman–Crippen LogP) is 5.63. The number of benzene rings is 2. The van der Waals surface area contributed by atoms with E-state index in [1.54, 1.807) is 54.6 Å². The molecule has 3 nitrogen and oxygen atoms in total. The highest BCUT2D eigenvalue weighted by atomic mass is 35.5. The third-order valence-electron chi connectivity index (χ3n) is 3.25. The number of nitrogens with one attached hydrogen (secondary N) is 1. The van der Waals surface area contributed by atoms with Gasteiger partial charge in [0.05, 0.1) is 0 Å². The second kappa shape index (κ2) is 6.85. The maximum atomic E-state index is 12.6. The highest BCUT2D eigenvalue weighted by molar-refractivity contribution is 7.19. The largest absolute Gasteiger partial charge is 0.471 e. The zero-order valence-electron chi connectivity index (χ0n) is 12.5. The molecule has 3 rings (SSSR count). The summed E-state index contributed by atoms with van der Waals surface area (Å²) in [5, 5.41) is 2.97. The van der Waals surface area contributed by atoms with Gasteiger partial charge in [0, 0.05) is 16.1 Å². The third kappa shape index (κ3) is 4.00. The van der Waals surface area contributed by atoms with Crippen LogP contribution >= 0.6 is 22.9 Å². The Hall–Kier alpha value is -2.38. The van der Waals surface area contributed by atoms with Crippen LogP contribution in [0.2, 0.25) is 5.02 Å². The molecule has 8 heteroatoms. The number of hydrogen-bond donors (Lipinski definition) is 1. The summed E-state index contributed by atoms with van der Waals surface area (Å²) in [6.45, 7) is 0. The average Bonchev–Trinajstić information content (AvgIpc) is 2.99. The van der Waals surface area contributed by atoms with E-state index < -0.39 is 12.1 Å². The molecule has 0 aliphatic heterocycles. The standard InChI is InChI=1S/C17H10ClF3N2OS/c18-12-8-6-11(7-9-12)14-22-13(10-4-2-1-3-5-10)15(25-14)23-16(24)17(19,20)21/h1-9H,(H,23,24). The second-order valence-electron chi connectivity index (χ2n) is 5.02. The van der Waals surface area contributed by atoms with E-state index >= 15 is 0 Å². The smallest absolute Gasteiger partial charge is 0.308 e. The van der Waals surface area contributed by atoms with E-state index in [2.05, 4.69) is 4.98 Å². The van der Waals surface area contributed by atoms with Gasteiger partial charge in [-0.25, -0.2) is 4.98 Å². The minimum Gasteiger partial charge on any atom is -0.308 e. The van der Waals surface area contributed by atoms with Crippen molar-refractivity contribution in [3.05, 3.63) is 59.6 Å². The number of halogens is 4. The zero-order chi connectivity index (χ0) is 18.0. The molecular formula is C17H10ClF3N2OS. The van der Waals surface area contributed by atoms with Crippen LogP contribution in [0, 0.1) is 0 Å². The van der Waals surface area contributed by atoms with Gasteiger partial charge in [-0.3, -0.25) is 4.79 Å². The molecular weight excluding hydrogens is 373 g/mol. The molecule has 0 saturated carbocycles. The van der Waals surface area contributed by atoms with Gasteiger partial charge in [-0.05, 0) is 12.1 Å². The van der Waals surface area contributed by atoms with Crippen molar-refractivity contribution in [2.75, 3.05) is 5.32 Å². The number of anilines is 1. The molecule has 1 amide bonds. The first-order valence-electron chi connectivity index (χ1n) is 7.05. The van der Waals surface area contributed by atoms with Crippen molar-refractivity contribution < 1.29 is 18.0 Å². The number of rotatable bonds is 3. The molecule has 0 aliphatic rings. The van der Waals surface area contributed by atoms with Crippen molar-refractivity contribution in [1.29, 1.82) is 0 Å². The first-order chi connectivity index (χ1) is 11.8. The van der Waals surface area contributed by atoms with Gasteiger partial charge in [0.2, 0.25) is 0 Å². The number of carbonyl (C=O) groups is 1. The van der Waals surface area contributed by atoms with Crippen LogP contribution < -0.4 is 5.32 Å². The van der Waals surface area contributed by atoms with E-state index in [0.717, 1.165) is 11.3 Å². The Morgan fingerprint density at radius 2 is 1.64 bits per heavy atom. The van der Waals surface area contributed by atoms with Crippen molar-refractivity contribution in [2.45, 2.75) is 6.18 Å². The van der Waals surface area contributed by atoms with Crippen molar-refractivity contribution in [3.63, 3.8) is 0 Å². The van der Waals surface area contributed by atoms with Gasteiger partial charge in [-0.15, -0.1) is 0 Å². The van der Waals surface area contributed by atoms with Gasteiger partial charge in [0.1, 0.15) is 15.7 Å². The number of alkyl halides is 3. The molecule has 0 spiro atoms. The molecule has 128 valence electrons. The van der Waals surface area contributed by atoms with Crippen LogP contribution in [-0.4, -0.2) is 17.1 Å². The topological polar surface area (TPSA) is 42.0 Å². The molecule has 0 bridgehead atoms. The summed E-state index contributed by atoms with van der Waals surface area (Å²) < 4.78 is 37.8. The van der Waals surface area contributed by atoms with Crippen LogP contribution in [0.15, 0.2) is 54.6 Å². The number of nitrogens with zero attached hydrogens (tertiary/aromatic N) is 1. The Morgan fingerprint density at radius 1 is 1.00 bits per heavy atom. The predicted molar refractivity (Wildman–Crippen MR) is 92.7 cm³/mol. The van der Waals surface area contributed by atoms with Gasteiger partial charge in [0.15, 0.2) is 0 Å². The number of aromatic nitrogens is 1. The Labute approximate surface area is 150 Å². The van der Waals surface area contributed by atoms with Crippen molar-refractivity contribution in [2.24, 2.45) is 0 Å². The molecule has 2 aromatic carbocycles. The quantitative estimate of drug-likeness (QED) is 0.637. The number of amides is 1. The monoisotopic (exact) mass is 382 g/mol. The van der Waals surface area contributed by atoms with E-state index in [4.69, 9.17) is 11.6 Å². The lowest BCUT2D eigenvalue weighted by molar-refractivity contribution is -0.167. The molecule has 0 fully saturated rings. The van der Waals surface area contributed by atoms with Crippen LogP contribution in [0.25, 0.3) is 21.8 Å². The first-order valence-corrected chi connectivity index (χ1v) is 8.24. The summed E-state index contributed by atoms with van der Waals surface area (Å²) in [4.78, 5) is 15.7. The minimum atomic E-state index is -4.97. The van der Waals surface area contributed by atoms with Crippen molar-refractivity contribution in [3.8, 4) is 21.8 Å². The fourth-order valence-corrected chi connectivity index (χ4v) is 3.20. The number of carbonyl (C=O) groups excluding carboxylic acids is 1. The van der Waals surface area contributed by atoms with Gasteiger partial charge < -0.3 is 5.32 Å². The van der Waals surface area contributed by atoms with E-state index in [0.29, 0.717) is 21.2 Å². The van der Waals surface area contributed by atoms with Crippen LogP contribution in [-0.2, 0) is 4.79 Å². The SMILES string of the molecule is O=C(Nc1sc(-c2ccc(Cl)cc2)nc1-c1ccccc1)C(F)(F)F. The summed E-state index contributed by atoms with van der Waals surface area (Å²) in [5.41, 5.74) is 1.59. The lowest BCUT2D eigenvalue weighted by Crippen LogP contribution is -2.29. The summed E-state index contributed by atoms with van der Waals surface area (Å²) in [7, 11) is 0. The summed E-state index contributed by atoms with van der Waals surface area (Å²) in [6, 6.07) is 15.4. The second-order valence-corrected chi connectivity index (χ2v) is 6.46. The van der Waals surface area contributed by atoms with E-state index in [-0.39, 0.29) is 10.7 Å². The maximum Gasteiger partial charge on any atom is 0.471 e. The Kier molecular flexibility index (Phi) is 4.78. The van der Waals surface area contributed by atoms with Crippen LogP contribution in [0.5, 0.6) is 0 Å². The van der Waals surface area contributed by atoms with E-state index in [1.165, 1.54) is 0 Å². The normalized spacial score (nSPS) is 11.4. The summed E-state index contributed by atoms with van der Waals surface area (Å²) in [5.74, 6) is -2.03. The minimum absolute atomic E-state index is 0.0403. The lowest BCUT2D eigenvalue weighted by Gasteiger charge is -2.07. The van der Waals surface area contributed by atoms with E-state index in [1.807, 2.05) is 5.32 Å². The highest BCUT2D eigenvalue weighted by Gasteiger charge is 2.39. The molecule has 0 saturated heterocycles. The summed E-state index contributed by atoms with van der Waals surface area (Å²) in [6.07, 6.45) is -4.97. The van der Waals surface area contributed by atoms with E-state index in [9.17, 15) is 18.0 Å². The Morgan fingerprint density at radius 3 is 2.24 bits per heavy atom. The van der Waals surface area contributed by atoms with Gasteiger partial charge in [0.25, 0.3) is 0 Å². The Bertz CT molecular complexity index is 893. The fourth-order valence-electron chi connectivity index (χ4n) is 2.09. The highest BCUT2D eigenvalue weighted by Crippen LogP contribution is 2.38. The molecule has 1 aromatic heterocycles. The fraction of sp³-hybridized carbons (Fsp3) is 0.0588. The van der Waals surface area contributed by atoms with Crippen LogP contribution in [0.3, 0.4) is 0 Å². The summed E-state index contributed by atoms with van der Waals surface area (Å²) >= 11 is 6.82. The molecule has 1 N–H and O–H groups in total. The molecule has 0 aliphatic carbocycles.